The number of rotatable bonds is 8. The number of hydrogen-bond acceptors (Lipinski definition) is 6. The van der Waals surface area contributed by atoms with E-state index >= 15 is 0 Å². The zero-order valence-corrected chi connectivity index (χ0v) is 18.1. The van der Waals surface area contributed by atoms with Gasteiger partial charge in [0, 0.05) is 36.8 Å². The average Bonchev–Trinajstić information content (AvgIpc) is 3.09. The zero-order chi connectivity index (χ0) is 22.7. The second-order valence-corrected chi connectivity index (χ2v) is 7.70. The fraction of sp³-hybridized carbons (Fsp3) is 0.292. The molecule has 2 N–H and O–H groups in total. The van der Waals surface area contributed by atoms with Crippen molar-refractivity contribution >= 4 is 29.5 Å². The number of imide groups is 1. The molecule has 1 atom stereocenters. The molecule has 1 fully saturated rings. The maximum Gasteiger partial charge on any atom is 0.249 e. The van der Waals surface area contributed by atoms with E-state index in [-0.39, 0.29) is 18.2 Å². The minimum absolute atomic E-state index is 0.270. The minimum atomic E-state index is -0.517. The van der Waals surface area contributed by atoms with Crippen molar-refractivity contribution in [2.75, 3.05) is 7.05 Å². The zero-order valence-electron chi connectivity index (χ0n) is 18.1. The molecule has 1 saturated heterocycles. The van der Waals surface area contributed by atoms with Crippen molar-refractivity contribution in [2.45, 2.75) is 39.3 Å². The number of nitrogens with zero attached hydrogens (tertiary/aromatic N) is 1. The fourth-order valence-electron chi connectivity index (χ4n) is 3.60. The van der Waals surface area contributed by atoms with Crippen molar-refractivity contribution in [3.63, 3.8) is 0 Å². The summed E-state index contributed by atoms with van der Waals surface area (Å²) in [5.74, 6) is 0.858. The van der Waals surface area contributed by atoms with Crippen molar-refractivity contribution in [3.8, 4) is 0 Å². The molecule has 1 aliphatic heterocycles. The molecule has 1 aliphatic rings. The van der Waals surface area contributed by atoms with Crippen LogP contribution < -0.4 is 10.6 Å². The van der Waals surface area contributed by atoms with Crippen molar-refractivity contribution in [3.05, 3.63) is 71.2 Å². The Kier molecular flexibility index (Phi) is 6.44. The van der Waals surface area contributed by atoms with Gasteiger partial charge in [-0.15, -0.1) is 0 Å². The lowest BCUT2D eigenvalue weighted by atomic mass is 9.97. The third kappa shape index (κ3) is 4.60. The van der Waals surface area contributed by atoms with Gasteiger partial charge >= 0.3 is 0 Å². The number of carbonyl (C=O) groups is 3. The van der Waals surface area contributed by atoms with Gasteiger partial charge in [-0.3, -0.25) is 19.7 Å². The van der Waals surface area contributed by atoms with Crippen molar-refractivity contribution in [2.24, 2.45) is 0 Å². The Morgan fingerprint density at radius 1 is 1.32 bits per heavy atom. The molecule has 1 aromatic carbocycles. The summed E-state index contributed by atoms with van der Waals surface area (Å²) in [6, 6.07) is 6.89. The molecule has 7 heteroatoms. The SMILES string of the molecule is C=C(NCc1cccc(C(=C)N(C)C2CCC(=O)NC2=O)c1C=O)c1cc(C)c(C)o1. The largest absolute Gasteiger partial charge is 0.460 e. The molecule has 0 spiro atoms. The fourth-order valence-corrected chi connectivity index (χ4v) is 3.60. The first kappa shape index (κ1) is 22.1. The van der Waals surface area contributed by atoms with E-state index < -0.39 is 6.04 Å². The monoisotopic (exact) mass is 421 g/mol. The van der Waals surface area contributed by atoms with Gasteiger partial charge in [0.15, 0.2) is 6.29 Å². The van der Waals surface area contributed by atoms with Gasteiger partial charge in [-0.05, 0) is 37.5 Å². The first-order valence-corrected chi connectivity index (χ1v) is 10.1. The number of aryl methyl sites for hydroxylation is 2. The standard InChI is InChI=1S/C24H27N3O4/c1-14-11-22(31-17(14)4)15(2)25-12-18-7-6-8-19(20(18)13-28)16(3)27(5)21-9-10-23(29)26-24(21)30/h6-8,11,13,21,25H,2-3,9-10,12H2,1,4-5H3,(H,26,29,30). The molecular weight excluding hydrogens is 394 g/mol. The molecule has 1 unspecified atom stereocenters. The first-order valence-electron chi connectivity index (χ1n) is 10.1. The van der Waals surface area contributed by atoms with Gasteiger partial charge in [0.25, 0.3) is 0 Å². The summed E-state index contributed by atoms with van der Waals surface area (Å²) in [6.45, 7) is 12.4. The molecule has 2 heterocycles. The molecule has 31 heavy (non-hydrogen) atoms. The number of piperidine rings is 1. The third-order valence-corrected chi connectivity index (χ3v) is 5.68. The number of amides is 2. The third-order valence-electron chi connectivity index (χ3n) is 5.68. The molecule has 0 saturated carbocycles. The van der Waals surface area contributed by atoms with Crippen LogP contribution in [0, 0.1) is 13.8 Å². The number of aldehydes is 1. The Morgan fingerprint density at radius 3 is 2.68 bits per heavy atom. The summed E-state index contributed by atoms with van der Waals surface area (Å²) in [7, 11) is 1.74. The highest BCUT2D eigenvalue weighted by Crippen LogP contribution is 2.26. The maximum atomic E-state index is 12.2. The highest BCUT2D eigenvalue weighted by atomic mass is 16.3. The van der Waals surface area contributed by atoms with Crippen LogP contribution in [0.2, 0.25) is 0 Å². The van der Waals surface area contributed by atoms with E-state index in [9.17, 15) is 14.4 Å². The highest BCUT2D eigenvalue weighted by molar-refractivity contribution is 6.01. The van der Waals surface area contributed by atoms with E-state index in [1.165, 1.54) is 0 Å². The van der Waals surface area contributed by atoms with Crippen LogP contribution in [0.4, 0.5) is 0 Å². The lowest BCUT2D eigenvalue weighted by Crippen LogP contribution is -2.50. The predicted molar refractivity (Wildman–Crippen MR) is 119 cm³/mol. The number of furan rings is 1. The molecule has 162 valence electrons. The van der Waals surface area contributed by atoms with Gasteiger partial charge in [-0.25, -0.2) is 0 Å². The molecule has 0 radical (unpaired) electrons. The van der Waals surface area contributed by atoms with E-state index in [1.54, 1.807) is 18.0 Å². The van der Waals surface area contributed by atoms with Gasteiger partial charge in [-0.1, -0.05) is 31.4 Å². The summed E-state index contributed by atoms with van der Waals surface area (Å²) >= 11 is 0. The van der Waals surface area contributed by atoms with Crippen LogP contribution in [0.25, 0.3) is 11.4 Å². The average molecular weight is 421 g/mol. The number of hydrogen-bond donors (Lipinski definition) is 2. The van der Waals surface area contributed by atoms with Crippen LogP contribution >= 0.6 is 0 Å². The Balaban J connectivity index is 1.78. The molecule has 0 aliphatic carbocycles. The van der Waals surface area contributed by atoms with Crippen LogP contribution in [0.1, 0.15) is 51.4 Å². The highest BCUT2D eigenvalue weighted by Gasteiger charge is 2.31. The molecular formula is C24H27N3O4. The number of carbonyl (C=O) groups excluding carboxylic acids is 3. The normalized spacial score (nSPS) is 15.9. The van der Waals surface area contributed by atoms with E-state index in [2.05, 4.69) is 23.8 Å². The van der Waals surface area contributed by atoms with E-state index in [4.69, 9.17) is 4.42 Å². The molecule has 7 nitrogen and oxygen atoms in total. The van der Waals surface area contributed by atoms with Crippen LogP contribution in [0.3, 0.4) is 0 Å². The lowest BCUT2D eigenvalue weighted by Gasteiger charge is -2.33. The van der Waals surface area contributed by atoms with E-state index in [1.807, 2.05) is 32.0 Å². The van der Waals surface area contributed by atoms with Crippen molar-refractivity contribution in [1.29, 1.82) is 0 Å². The topological polar surface area (TPSA) is 91.7 Å². The summed E-state index contributed by atoms with van der Waals surface area (Å²) in [4.78, 5) is 37.4. The molecule has 0 bridgehead atoms. The summed E-state index contributed by atoms with van der Waals surface area (Å²) in [5.41, 5.74) is 4.09. The van der Waals surface area contributed by atoms with Gasteiger partial charge in [-0.2, -0.15) is 0 Å². The van der Waals surface area contributed by atoms with Gasteiger partial charge in [0.2, 0.25) is 11.8 Å². The Bertz CT molecular complexity index is 1050. The molecule has 3 rings (SSSR count). The predicted octanol–water partition coefficient (Wildman–Crippen LogP) is 3.18. The van der Waals surface area contributed by atoms with Crippen LogP contribution in [-0.4, -0.2) is 36.1 Å². The van der Waals surface area contributed by atoms with Gasteiger partial charge in [0.05, 0.1) is 5.70 Å². The van der Waals surface area contributed by atoms with Crippen LogP contribution in [0.15, 0.2) is 41.8 Å². The van der Waals surface area contributed by atoms with E-state index in [0.717, 1.165) is 23.2 Å². The van der Waals surface area contributed by atoms with Gasteiger partial charge < -0.3 is 14.6 Å². The number of nitrogens with one attached hydrogen (secondary N) is 2. The first-order chi connectivity index (χ1) is 14.7. The maximum absolute atomic E-state index is 12.2. The molecule has 1 aromatic heterocycles. The second kappa shape index (κ2) is 9.04. The Hall–Kier alpha value is -3.61. The Morgan fingerprint density at radius 2 is 2.06 bits per heavy atom. The quantitative estimate of drug-likeness (QED) is 0.503. The Labute approximate surface area is 181 Å². The summed E-state index contributed by atoms with van der Waals surface area (Å²) in [6.07, 6.45) is 1.46. The molecule has 2 aromatic rings. The van der Waals surface area contributed by atoms with Gasteiger partial charge in [0.1, 0.15) is 17.6 Å². The molecule has 2 amide bonds. The van der Waals surface area contributed by atoms with E-state index in [0.29, 0.717) is 41.2 Å². The van der Waals surface area contributed by atoms with Crippen molar-refractivity contribution in [1.82, 2.24) is 15.5 Å². The lowest BCUT2D eigenvalue weighted by molar-refractivity contribution is -0.136. The smallest absolute Gasteiger partial charge is 0.249 e. The summed E-state index contributed by atoms with van der Waals surface area (Å²) < 4.78 is 5.69. The number of benzene rings is 1. The second-order valence-electron chi connectivity index (χ2n) is 7.70. The number of likely N-dealkylation sites (N-methyl/N-ethyl adjacent to an activating group) is 1. The van der Waals surface area contributed by atoms with Crippen LogP contribution in [-0.2, 0) is 16.1 Å². The van der Waals surface area contributed by atoms with Crippen LogP contribution in [0.5, 0.6) is 0 Å². The van der Waals surface area contributed by atoms with Crippen molar-refractivity contribution < 1.29 is 18.8 Å². The minimum Gasteiger partial charge on any atom is -0.460 e. The summed E-state index contributed by atoms with van der Waals surface area (Å²) in [5, 5.41) is 5.56.